The summed E-state index contributed by atoms with van der Waals surface area (Å²) >= 11 is 0. The molecule has 0 aromatic heterocycles. The van der Waals surface area contributed by atoms with Crippen molar-refractivity contribution in [3.63, 3.8) is 0 Å². The van der Waals surface area contributed by atoms with E-state index in [4.69, 9.17) is 14.2 Å². The Balaban J connectivity index is 0.000000430. The number of ketones is 1. The molecule has 4 rings (SSSR count). The minimum absolute atomic E-state index is 0. The summed E-state index contributed by atoms with van der Waals surface area (Å²) in [6.45, 7) is 2.17. The van der Waals surface area contributed by atoms with Gasteiger partial charge in [-0.25, -0.2) is 9.59 Å². The third-order valence-corrected chi connectivity index (χ3v) is 7.54. The maximum absolute atomic E-state index is 12.7. The van der Waals surface area contributed by atoms with Gasteiger partial charge in [-0.2, -0.15) is 0 Å². The zero-order valence-electron chi connectivity index (χ0n) is 27.8. The number of likely N-dealkylation sites (N-methyl/N-ethyl adjacent to an activating group) is 1. The number of amides is 3. The van der Waals surface area contributed by atoms with E-state index < -0.39 is 36.0 Å². The Morgan fingerprint density at radius 3 is 1.76 bits per heavy atom. The number of nitrogens with zero attached hydrogens (tertiary/aromatic N) is 1. The Hall–Kier alpha value is -5.52. The molecule has 1 saturated heterocycles. The lowest BCUT2D eigenvalue weighted by atomic mass is 10.1. The molecule has 0 saturated carbocycles. The number of esters is 2. The van der Waals surface area contributed by atoms with Crippen LogP contribution in [0, 0.1) is 0 Å². The van der Waals surface area contributed by atoms with Crippen LogP contribution in [0.5, 0.6) is 0 Å². The molecule has 12 heteroatoms. The lowest BCUT2D eigenvalue weighted by Crippen LogP contribution is -2.49. The smallest absolute Gasteiger partial charge is 0.407 e. The van der Waals surface area contributed by atoms with E-state index in [1.54, 1.807) is 14.0 Å². The van der Waals surface area contributed by atoms with Gasteiger partial charge in [0.25, 0.3) is 0 Å². The van der Waals surface area contributed by atoms with Crippen LogP contribution < -0.4 is 10.6 Å². The van der Waals surface area contributed by atoms with Crippen LogP contribution in [0.1, 0.15) is 63.1 Å². The zero-order valence-corrected chi connectivity index (χ0v) is 27.8. The standard InChI is InChI=1S/C25H28N2O6.C12H15NO3.CH4/c1-27-21(13-14-22(27)28)24(30)26-20(25(31)33-17-19-10-6-3-7-11-19)12-15-23(29)32-16-18-8-4-2-5-9-18;1-2-11(14)8-13-12(15)16-9-10-6-4-3-5-7-10;/h2-11,20-21H,12-17H2,1H3,(H,26,30);3-7H,2,8-9H2,1H3,(H,13,15);1H4/t20-,21-;;/m0../s1. The number of carbonyl (C=O) groups is 6. The second-order valence-corrected chi connectivity index (χ2v) is 11.2. The van der Waals surface area contributed by atoms with Crippen molar-refractivity contribution in [3.05, 3.63) is 108 Å². The molecule has 1 aliphatic heterocycles. The van der Waals surface area contributed by atoms with Gasteiger partial charge in [-0.15, -0.1) is 0 Å². The van der Waals surface area contributed by atoms with Crippen molar-refractivity contribution >= 4 is 35.6 Å². The molecular weight excluding hydrogens is 642 g/mol. The minimum Gasteiger partial charge on any atom is -0.461 e. The van der Waals surface area contributed by atoms with Crippen LogP contribution >= 0.6 is 0 Å². The molecule has 1 fully saturated rings. The van der Waals surface area contributed by atoms with Gasteiger partial charge in [-0.05, 0) is 29.5 Å². The Bertz CT molecular complexity index is 1520. The predicted octanol–water partition coefficient (Wildman–Crippen LogP) is 4.89. The molecule has 3 amide bonds. The van der Waals surface area contributed by atoms with Crippen LogP contribution in [0.2, 0.25) is 0 Å². The van der Waals surface area contributed by atoms with Crippen molar-refractivity contribution < 1.29 is 43.0 Å². The Morgan fingerprint density at radius 2 is 1.28 bits per heavy atom. The number of hydrogen-bond acceptors (Lipinski definition) is 9. The fraction of sp³-hybridized carbons (Fsp3) is 0.368. The number of likely N-dealkylation sites (tertiary alicyclic amines) is 1. The molecule has 0 aliphatic carbocycles. The molecule has 1 heterocycles. The average Bonchev–Trinajstić information content (AvgIpc) is 3.48. The second-order valence-electron chi connectivity index (χ2n) is 11.2. The number of carbonyl (C=O) groups excluding carboxylic acids is 6. The first-order chi connectivity index (χ1) is 23.7. The predicted molar refractivity (Wildman–Crippen MR) is 186 cm³/mol. The normalized spacial score (nSPS) is 13.8. The fourth-order valence-corrected chi connectivity index (χ4v) is 4.60. The summed E-state index contributed by atoms with van der Waals surface area (Å²) in [7, 11) is 1.56. The van der Waals surface area contributed by atoms with Gasteiger partial charge in [0, 0.05) is 26.3 Å². The molecule has 3 aromatic carbocycles. The first-order valence-corrected chi connectivity index (χ1v) is 16.1. The van der Waals surface area contributed by atoms with Crippen LogP contribution in [-0.2, 0) is 58.0 Å². The largest absolute Gasteiger partial charge is 0.461 e. The van der Waals surface area contributed by atoms with E-state index in [1.807, 2.05) is 91.0 Å². The maximum atomic E-state index is 12.7. The summed E-state index contributed by atoms with van der Waals surface area (Å²) in [6, 6.07) is 26.1. The van der Waals surface area contributed by atoms with Gasteiger partial charge < -0.3 is 29.7 Å². The van der Waals surface area contributed by atoms with E-state index in [0.717, 1.165) is 16.7 Å². The van der Waals surface area contributed by atoms with E-state index in [2.05, 4.69) is 10.6 Å². The van der Waals surface area contributed by atoms with Crippen LogP contribution in [0.3, 0.4) is 0 Å². The Labute approximate surface area is 293 Å². The molecular formula is C38H47N3O9. The highest BCUT2D eigenvalue weighted by atomic mass is 16.5. The number of ether oxygens (including phenoxy) is 3. The number of Topliss-reactive ketones (excluding diaryl/α,β-unsaturated/α-hetero) is 1. The molecule has 2 atom stereocenters. The summed E-state index contributed by atoms with van der Waals surface area (Å²) in [5, 5.41) is 5.05. The number of benzene rings is 3. The topological polar surface area (TPSA) is 157 Å². The zero-order chi connectivity index (χ0) is 35.4. The summed E-state index contributed by atoms with van der Waals surface area (Å²) in [5.74, 6) is -1.71. The number of hydrogen-bond donors (Lipinski definition) is 2. The van der Waals surface area contributed by atoms with E-state index >= 15 is 0 Å². The van der Waals surface area contributed by atoms with Crippen molar-refractivity contribution in [2.75, 3.05) is 13.6 Å². The molecule has 268 valence electrons. The van der Waals surface area contributed by atoms with Crippen molar-refractivity contribution in [2.24, 2.45) is 0 Å². The second kappa shape index (κ2) is 22.2. The van der Waals surface area contributed by atoms with Crippen LogP contribution in [0.4, 0.5) is 4.79 Å². The van der Waals surface area contributed by atoms with Crippen molar-refractivity contribution in [2.45, 2.75) is 78.4 Å². The van der Waals surface area contributed by atoms with E-state index in [1.165, 1.54) is 4.90 Å². The molecule has 3 aromatic rings. The monoisotopic (exact) mass is 689 g/mol. The summed E-state index contributed by atoms with van der Waals surface area (Å²) in [6.07, 6.45) is 0.467. The van der Waals surface area contributed by atoms with E-state index in [0.29, 0.717) is 12.8 Å². The number of nitrogens with one attached hydrogen (secondary N) is 2. The first-order valence-electron chi connectivity index (χ1n) is 16.1. The molecule has 0 unspecified atom stereocenters. The fourth-order valence-electron chi connectivity index (χ4n) is 4.60. The molecule has 2 N–H and O–H groups in total. The summed E-state index contributed by atoms with van der Waals surface area (Å²) in [4.78, 5) is 72.9. The highest BCUT2D eigenvalue weighted by Crippen LogP contribution is 2.17. The first kappa shape index (κ1) is 40.7. The van der Waals surface area contributed by atoms with Gasteiger partial charge >= 0.3 is 18.0 Å². The molecule has 0 radical (unpaired) electrons. The summed E-state index contributed by atoms with van der Waals surface area (Å²) in [5.41, 5.74) is 2.57. The lowest BCUT2D eigenvalue weighted by molar-refractivity contribution is -0.151. The van der Waals surface area contributed by atoms with Gasteiger partial charge in [-0.3, -0.25) is 19.2 Å². The third-order valence-electron chi connectivity index (χ3n) is 7.54. The minimum atomic E-state index is -1.03. The van der Waals surface area contributed by atoms with Crippen LogP contribution in [-0.4, -0.2) is 66.2 Å². The van der Waals surface area contributed by atoms with E-state index in [9.17, 15) is 28.8 Å². The highest BCUT2D eigenvalue weighted by Gasteiger charge is 2.35. The van der Waals surface area contributed by atoms with Crippen LogP contribution in [0.15, 0.2) is 91.0 Å². The van der Waals surface area contributed by atoms with E-state index in [-0.39, 0.29) is 64.7 Å². The Kier molecular flexibility index (Phi) is 18.0. The molecule has 0 spiro atoms. The lowest BCUT2D eigenvalue weighted by Gasteiger charge is -2.23. The van der Waals surface area contributed by atoms with Crippen molar-refractivity contribution in [1.29, 1.82) is 0 Å². The molecule has 0 bridgehead atoms. The number of alkyl carbamates (subject to hydrolysis) is 1. The van der Waals surface area contributed by atoms with Gasteiger partial charge in [0.15, 0.2) is 5.78 Å². The van der Waals surface area contributed by atoms with Gasteiger partial charge in [0.05, 0.1) is 6.54 Å². The molecule has 50 heavy (non-hydrogen) atoms. The highest BCUT2D eigenvalue weighted by molar-refractivity contribution is 5.93. The summed E-state index contributed by atoms with van der Waals surface area (Å²) < 4.78 is 15.6. The van der Waals surface area contributed by atoms with Crippen LogP contribution in [0.25, 0.3) is 0 Å². The van der Waals surface area contributed by atoms with Crippen molar-refractivity contribution in [1.82, 2.24) is 15.5 Å². The number of rotatable bonds is 15. The maximum Gasteiger partial charge on any atom is 0.407 e. The molecule has 12 nitrogen and oxygen atoms in total. The van der Waals surface area contributed by atoms with Gasteiger partial charge in [0.1, 0.15) is 31.9 Å². The van der Waals surface area contributed by atoms with Crippen molar-refractivity contribution in [3.8, 4) is 0 Å². The SMILES string of the molecule is C.CCC(=O)CNC(=O)OCc1ccccc1.CN1C(=O)CC[C@H]1C(=O)N[C@@H](CCC(=O)OCc1ccccc1)C(=O)OCc1ccccc1. The third kappa shape index (κ3) is 14.7. The van der Waals surface area contributed by atoms with Gasteiger partial charge in [0.2, 0.25) is 11.8 Å². The average molecular weight is 690 g/mol. The quantitative estimate of drug-likeness (QED) is 0.168. The van der Waals surface area contributed by atoms with Gasteiger partial charge in [-0.1, -0.05) is 105 Å². The molecule has 1 aliphatic rings. The Morgan fingerprint density at radius 1 is 0.780 bits per heavy atom.